The molecule has 250 valence electrons. The molecule has 0 spiro atoms. The number of halogens is 6. The number of anilines is 3. The Labute approximate surface area is 270 Å². The van der Waals surface area contributed by atoms with Crippen LogP contribution in [0.2, 0.25) is 0 Å². The molecule has 0 aliphatic carbocycles. The van der Waals surface area contributed by atoms with Gasteiger partial charge in [0.05, 0.1) is 22.8 Å². The molecule has 0 atom stereocenters. The second-order valence-electron chi connectivity index (χ2n) is 11.4. The molecule has 0 fully saturated rings. The molecular weight excluding hydrogens is 618 g/mol. The van der Waals surface area contributed by atoms with E-state index in [1.807, 2.05) is 58.5 Å². The summed E-state index contributed by atoms with van der Waals surface area (Å²) in [5, 5.41) is 14.1. The van der Waals surface area contributed by atoms with Crippen LogP contribution in [-0.2, 0) is 19.0 Å². The van der Waals surface area contributed by atoms with Crippen LogP contribution in [0.15, 0.2) is 78.5 Å². The number of aromatic amines is 1. The predicted octanol–water partition coefficient (Wildman–Crippen LogP) is 10.2. The third kappa shape index (κ3) is 9.46. The van der Waals surface area contributed by atoms with Gasteiger partial charge in [0.2, 0.25) is 0 Å². The summed E-state index contributed by atoms with van der Waals surface area (Å²) in [6.07, 6.45) is -0.920. The van der Waals surface area contributed by atoms with E-state index in [0.29, 0.717) is 23.1 Å². The highest BCUT2D eigenvalue weighted by Gasteiger charge is 2.34. The zero-order valence-electron chi connectivity index (χ0n) is 26.3. The van der Waals surface area contributed by atoms with Crippen molar-refractivity contribution in [3.05, 3.63) is 101 Å². The van der Waals surface area contributed by atoms with E-state index in [-0.39, 0.29) is 17.1 Å². The topological polar surface area (TPSA) is 94.7 Å². The lowest BCUT2D eigenvalue weighted by Crippen LogP contribution is -2.21. The average Bonchev–Trinajstić information content (AvgIpc) is 3.54. The van der Waals surface area contributed by atoms with Crippen LogP contribution >= 0.6 is 0 Å². The first kappa shape index (κ1) is 35.2. The Hall–Kier alpha value is -4.61. The maximum Gasteiger partial charge on any atom is 0.432 e. The largest absolute Gasteiger partial charge is 0.432 e. The molecule has 0 amide bonds. The molecule has 2 aromatic heterocycles. The van der Waals surface area contributed by atoms with Crippen LogP contribution in [0.1, 0.15) is 74.9 Å². The van der Waals surface area contributed by atoms with E-state index < -0.39 is 29.5 Å². The van der Waals surface area contributed by atoms with Gasteiger partial charge in [-0.1, -0.05) is 63.8 Å². The molecule has 47 heavy (non-hydrogen) atoms. The monoisotopic (exact) mass is 656 g/mol. The van der Waals surface area contributed by atoms with Crippen molar-refractivity contribution in [2.45, 2.75) is 77.6 Å². The minimum atomic E-state index is -4.89. The van der Waals surface area contributed by atoms with Gasteiger partial charge in [0.15, 0.2) is 0 Å². The molecule has 0 aliphatic heterocycles. The fourth-order valence-corrected chi connectivity index (χ4v) is 5.05. The van der Waals surface area contributed by atoms with Gasteiger partial charge in [0, 0.05) is 11.4 Å². The fraction of sp³-hybridized carbons (Fsp3) is 0.343. The summed E-state index contributed by atoms with van der Waals surface area (Å²) in [5.41, 5.74) is 5.39. The molecule has 0 unspecified atom stereocenters. The third-order valence-electron chi connectivity index (χ3n) is 7.64. The van der Waals surface area contributed by atoms with E-state index in [2.05, 4.69) is 23.9 Å². The highest BCUT2D eigenvalue weighted by molar-refractivity contribution is 6.06. The van der Waals surface area contributed by atoms with Gasteiger partial charge in [0.25, 0.3) is 0 Å². The molecule has 2 aromatic carbocycles. The smallest absolute Gasteiger partial charge is 0.395 e. The molecule has 0 aliphatic rings. The molecule has 4 aromatic rings. The number of aryl methyl sites for hydroxylation is 2. The van der Waals surface area contributed by atoms with Crippen molar-refractivity contribution in [3.8, 4) is 11.4 Å². The number of aromatic nitrogens is 3. The van der Waals surface area contributed by atoms with E-state index in [4.69, 9.17) is 11.1 Å². The second kappa shape index (κ2) is 15.3. The molecule has 2 heterocycles. The quantitative estimate of drug-likeness (QED) is 0.0715. The van der Waals surface area contributed by atoms with Crippen molar-refractivity contribution >= 4 is 22.8 Å². The van der Waals surface area contributed by atoms with E-state index >= 15 is 0 Å². The number of allylic oxidation sites excluding steroid dienone is 2. The lowest BCUT2D eigenvalue weighted by molar-refractivity contribution is -0.141. The van der Waals surface area contributed by atoms with E-state index in [0.717, 1.165) is 68.6 Å². The number of nitrogens with two attached hydrogens (primary N) is 1. The van der Waals surface area contributed by atoms with Gasteiger partial charge in [0.1, 0.15) is 17.1 Å². The number of hydrogen-bond acceptors (Lipinski definition) is 5. The van der Waals surface area contributed by atoms with Crippen molar-refractivity contribution in [1.29, 1.82) is 5.41 Å². The van der Waals surface area contributed by atoms with Gasteiger partial charge in [-0.3, -0.25) is 10.5 Å². The lowest BCUT2D eigenvalue weighted by Gasteiger charge is -2.27. The number of rotatable bonds is 14. The first-order valence-electron chi connectivity index (χ1n) is 15.6. The van der Waals surface area contributed by atoms with Crippen molar-refractivity contribution < 1.29 is 26.3 Å². The SMILES string of the molecule is CCCCCc1ccc(N(c2ccc(CCCCC)cc2)c2cc(C(=N)C=C(N)C(F)(F)F)nc(-c3cc(C(F)(F)F)[nH]n3)c2)cc1. The van der Waals surface area contributed by atoms with E-state index in [1.165, 1.54) is 12.1 Å². The van der Waals surface area contributed by atoms with Crippen molar-refractivity contribution in [2.24, 2.45) is 5.73 Å². The summed E-state index contributed by atoms with van der Waals surface area (Å²) in [7, 11) is 0. The Bertz CT molecular complexity index is 1600. The molecule has 4 N–H and O–H groups in total. The van der Waals surface area contributed by atoms with Gasteiger partial charge in [-0.2, -0.15) is 31.4 Å². The summed E-state index contributed by atoms with van der Waals surface area (Å²) in [6, 6.07) is 19.3. The number of hydrogen-bond donors (Lipinski definition) is 3. The molecule has 0 radical (unpaired) electrons. The average molecular weight is 657 g/mol. The van der Waals surface area contributed by atoms with Gasteiger partial charge in [-0.15, -0.1) is 0 Å². The van der Waals surface area contributed by atoms with Crippen LogP contribution in [0.25, 0.3) is 11.4 Å². The first-order valence-corrected chi connectivity index (χ1v) is 15.6. The fourth-order valence-electron chi connectivity index (χ4n) is 5.05. The molecule has 4 rings (SSSR count). The van der Waals surface area contributed by atoms with Crippen LogP contribution < -0.4 is 10.6 Å². The minimum absolute atomic E-state index is 0.0784. The maximum atomic E-state index is 13.4. The lowest BCUT2D eigenvalue weighted by atomic mass is 10.0. The van der Waals surface area contributed by atoms with Crippen LogP contribution in [0.5, 0.6) is 0 Å². The molecule has 0 saturated carbocycles. The third-order valence-corrected chi connectivity index (χ3v) is 7.64. The number of nitrogens with zero attached hydrogens (tertiary/aromatic N) is 3. The Morgan fingerprint density at radius 3 is 1.74 bits per heavy atom. The van der Waals surface area contributed by atoms with Crippen LogP contribution in [0.3, 0.4) is 0 Å². The summed E-state index contributed by atoms with van der Waals surface area (Å²) >= 11 is 0. The van der Waals surface area contributed by atoms with Crippen LogP contribution in [0, 0.1) is 5.41 Å². The summed E-state index contributed by atoms with van der Waals surface area (Å²) in [6.45, 7) is 4.26. The number of unbranched alkanes of at least 4 members (excludes halogenated alkanes) is 4. The number of alkyl halides is 6. The Balaban J connectivity index is 1.87. The molecule has 6 nitrogen and oxygen atoms in total. The zero-order valence-corrected chi connectivity index (χ0v) is 26.3. The van der Waals surface area contributed by atoms with Crippen molar-refractivity contribution in [3.63, 3.8) is 0 Å². The van der Waals surface area contributed by atoms with E-state index in [1.54, 1.807) is 0 Å². The van der Waals surface area contributed by atoms with E-state index in [9.17, 15) is 26.3 Å². The zero-order chi connectivity index (χ0) is 34.2. The summed E-state index contributed by atoms with van der Waals surface area (Å²) in [4.78, 5) is 6.07. The van der Waals surface area contributed by atoms with Gasteiger partial charge in [-0.25, -0.2) is 4.98 Å². The highest BCUT2D eigenvalue weighted by Crippen LogP contribution is 2.38. The molecule has 0 saturated heterocycles. The number of H-pyrrole nitrogens is 1. The van der Waals surface area contributed by atoms with Crippen molar-refractivity contribution in [1.82, 2.24) is 15.2 Å². The summed E-state index contributed by atoms with van der Waals surface area (Å²) < 4.78 is 80.1. The number of benzene rings is 2. The Morgan fingerprint density at radius 1 is 0.766 bits per heavy atom. The molecule has 0 bridgehead atoms. The highest BCUT2D eigenvalue weighted by atomic mass is 19.4. The number of nitrogens with one attached hydrogen (secondary N) is 2. The molecule has 12 heteroatoms. The van der Waals surface area contributed by atoms with Gasteiger partial charge in [-0.05, 0) is 85.4 Å². The predicted molar refractivity (Wildman–Crippen MR) is 173 cm³/mol. The van der Waals surface area contributed by atoms with Crippen LogP contribution in [0.4, 0.5) is 43.4 Å². The minimum Gasteiger partial charge on any atom is -0.395 e. The summed E-state index contributed by atoms with van der Waals surface area (Å²) in [5.74, 6) is 0. The first-order chi connectivity index (χ1) is 22.3. The van der Waals surface area contributed by atoms with Gasteiger partial charge < -0.3 is 10.6 Å². The maximum absolute atomic E-state index is 13.4. The molecular formula is C35H38F6N6. The van der Waals surface area contributed by atoms with Gasteiger partial charge >= 0.3 is 12.4 Å². The Kier molecular flexibility index (Phi) is 11.5. The standard InChI is InChI=1S/C35H38F6N6/c1-3-5-7-9-23-11-15-25(16-12-23)47(26-17-13-24(14-18-26)10-8-6-4-2)27-19-29(28(42)21-32(43)34(36,37)38)44-30(20-27)31-22-33(46-45-31)35(39,40)41/h11-22,42H,3-10,43H2,1-2H3,(H,45,46). The Morgan fingerprint density at radius 2 is 1.30 bits per heavy atom. The van der Waals surface area contributed by atoms with Crippen LogP contribution in [-0.4, -0.2) is 27.1 Å². The second-order valence-corrected chi connectivity index (χ2v) is 11.4. The normalized spacial score (nSPS) is 12.4. The van der Waals surface area contributed by atoms with Crippen molar-refractivity contribution in [2.75, 3.05) is 4.90 Å². The number of pyridine rings is 1.